The molecule has 0 aromatic carbocycles. The number of aromatic nitrogens is 2. The standard InChI is InChI=1S/C14H13F3N4O10S4/c15-14(16,17)34(26,27)3-6(22)18-8-10(23)21-9(12(24)25)5(1-32-11(8)21)2-33-13-20-19-7(31-13)4-35(28,29)30/h8,11H,1-4H2,(H,18,22)(H,24,25)(H,28,29,30)/t8?,11-/m0/s1. The van der Waals surface area contributed by atoms with Crippen molar-refractivity contribution in [3.8, 4) is 0 Å². The number of hydrogen-bond acceptors (Lipinski definition) is 12. The quantitative estimate of drug-likeness (QED) is 0.185. The Balaban J connectivity index is 1.68. The van der Waals surface area contributed by atoms with Crippen LogP contribution in [0.25, 0.3) is 0 Å². The Morgan fingerprint density at radius 2 is 1.91 bits per heavy atom. The van der Waals surface area contributed by atoms with Crippen LogP contribution < -0.4 is 5.32 Å². The first-order valence-electron chi connectivity index (χ1n) is 8.89. The highest BCUT2D eigenvalue weighted by Gasteiger charge is 2.55. The number of carbonyl (C=O) groups excluding carboxylic acids is 2. The Hall–Kier alpha value is -2.36. The Labute approximate surface area is 202 Å². The fourth-order valence-electron chi connectivity index (χ4n) is 2.92. The predicted octanol–water partition coefficient (Wildman–Crippen LogP) is -0.777. The Morgan fingerprint density at radius 3 is 2.49 bits per heavy atom. The van der Waals surface area contributed by atoms with E-state index in [4.69, 9.17) is 8.97 Å². The molecule has 35 heavy (non-hydrogen) atoms. The van der Waals surface area contributed by atoms with Crippen LogP contribution in [0.5, 0.6) is 0 Å². The van der Waals surface area contributed by atoms with Gasteiger partial charge in [-0.25, -0.2) is 13.2 Å². The van der Waals surface area contributed by atoms with Crippen molar-refractivity contribution in [1.82, 2.24) is 20.4 Å². The van der Waals surface area contributed by atoms with Gasteiger partial charge in [0.25, 0.3) is 31.1 Å². The second-order valence-electron chi connectivity index (χ2n) is 6.89. The molecular weight excluding hydrogens is 569 g/mol. The molecule has 2 atom stereocenters. The minimum atomic E-state index is -5.77. The maximum absolute atomic E-state index is 12.5. The summed E-state index contributed by atoms with van der Waals surface area (Å²) >= 11 is 1.78. The largest absolute Gasteiger partial charge is 0.497 e. The molecule has 1 unspecified atom stereocenters. The van der Waals surface area contributed by atoms with Crippen molar-refractivity contribution in [2.75, 3.05) is 17.3 Å². The second kappa shape index (κ2) is 9.59. The summed E-state index contributed by atoms with van der Waals surface area (Å²) in [6.45, 7) is 0. The van der Waals surface area contributed by atoms with Gasteiger partial charge >= 0.3 is 11.5 Å². The summed E-state index contributed by atoms with van der Waals surface area (Å²) in [5, 5.41) is 17.3. The third kappa shape index (κ3) is 6.08. The van der Waals surface area contributed by atoms with Gasteiger partial charge in [0.15, 0.2) is 5.75 Å². The number of alkyl halides is 3. The smallest absolute Gasteiger partial charge is 0.477 e. The number of fused-ring (bicyclic) bond motifs is 1. The van der Waals surface area contributed by atoms with E-state index in [0.717, 1.165) is 28.4 Å². The van der Waals surface area contributed by atoms with Gasteiger partial charge < -0.3 is 14.8 Å². The van der Waals surface area contributed by atoms with Crippen molar-refractivity contribution in [3.63, 3.8) is 0 Å². The van der Waals surface area contributed by atoms with Crippen molar-refractivity contribution >= 4 is 61.3 Å². The predicted molar refractivity (Wildman–Crippen MR) is 110 cm³/mol. The van der Waals surface area contributed by atoms with Crippen molar-refractivity contribution in [3.05, 3.63) is 17.2 Å². The molecule has 194 valence electrons. The number of nitrogens with one attached hydrogen (secondary N) is 1. The summed E-state index contributed by atoms with van der Waals surface area (Å²) in [6, 6.07) is -1.43. The first kappa shape index (κ1) is 27.2. The number of carboxylic acid groups (broad SMARTS) is 1. The van der Waals surface area contributed by atoms with Gasteiger partial charge in [-0.3, -0.25) is 19.0 Å². The first-order chi connectivity index (χ1) is 16.0. The molecule has 0 aliphatic carbocycles. The van der Waals surface area contributed by atoms with Crippen molar-refractivity contribution in [2.24, 2.45) is 0 Å². The minimum Gasteiger partial charge on any atom is -0.477 e. The SMILES string of the molecule is O=C(CS(=O)(=O)C(F)(F)F)NC1C(=O)N2C(C(=O)O)=C(CSc3nnc(CS(=O)(=O)O)o3)CS[C@@H]12. The van der Waals surface area contributed by atoms with E-state index in [0.29, 0.717) is 0 Å². The van der Waals surface area contributed by atoms with Crippen LogP contribution in [0.2, 0.25) is 0 Å². The molecule has 1 fully saturated rings. The summed E-state index contributed by atoms with van der Waals surface area (Å²) in [6.07, 6.45) is 0. The Kier molecular flexibility index (Phi) is 7.47. The van der Waals surface area contributed by atoms with E-state index in [1.54, 1.807) is 0 Å². The van der Waals surface area contributed by atoms with Gasteiger partial charge in [0, 0.05) is 11.5 Å². The fourth-order valence-corrected chi connectivity index (χ4v) is 6.21. The molecule has 3 rings (SSSR count). The third-order valence-corrected chi connectivity index (χ3v) is 8.57. The van der Waals surface area contributed by atoms with Gasteiger partial charge in [-0.1, -0.05) is 11.8 Å². The number of sulfone groups is 1. The lowest BCUT2D eigenvalue weighted by Crippen LogP contribution is -2.71. The maximum Gasteiger partial charge on any atom is 0.497 e. The van der Waals surface area contributed by atoms with E-state index in [1.807, 2.05) is 5.32 Å². The van der Waals surface area contributed by atoms with E-state index in [9.17, 15) is 49.5 Å². The molecule has 1 saturated heterocycles. The topological polar surface area (TPSA) is 214 Å². The normalized spacial score (nSPS) is 20.9. The molecular formula is C14H13F3N4O10S4. The van der Waals surface area contributed by atoms with Gasteiger partial charge in [-0.05, 0) is 5.57 Å². The van der Waals surface area contributed by atoms with Crippen LogP contribution in [0.4, 0.5) is 13.2 Å². The fraction of sp³-hybridized carbons (Fsp3) is 0.500. The highest BCUT2D eigenvalue weighted by Crippen LogP contribution is 2.41. The highest BCUT2D eigenvalue weighted by molar-refractivity contribution is 8.01. The molecule has 1 aromatic rings. The van der Waals surface area contributed by atoms with Crippen molar-refractivity contribution < 1.29 is 58.5 Å². The van der Waals surface area contributed by atoms with Gasteiger partial charge in [-0.15, -0.1) is 22.0 Å². The van der Waals surface area contributed by atoms with Crippen molar-refractivity contribution in [1.29, 1.82) is 0 Å². The number of halogens is 3. The maximum atomic E-state index is 12.5. The van der Waals surface area contributed by atoms with Crippen LogP contribution in [0.15, 0.2) is 20.9 Å². The molecule has 0 bridgehead atoms. The molecule has 21 heteroatoms. The zero-order chi connectivity index (χ0) is 26.3. The number of thioether (sulfide) groups is 2. The number of carboxylic acids is 1. The van der Waals surface area contributed by atoms with E-state index < -0.39 is 77.8 Å². The lowest BCUT2D eigenvalue weighted by molar-refractivity contribution is -0.150. The third-order valence-electron chi connectivity index (χ3n) is 4.36. The number of nitrogens with zero attached hydrogens (tertiary/aromatic N) is 3. The average molecular weight is 583 g/mol. The summed E-state index contributed by atoms with van der Waals surface area (Å²) in [7, 11) is -10.2. The van der Waals surface area contributed by atoms with Crippen LogP contribution in [0.1, 0.15) is 5.89 Å². The molecule has 2 aliphatic heterocycles. The Morgan fingerprint density at radius 1 is 1.26 bits per heavy atom. The summed E-state index contributed by atoms with van der Waals surface area (Å²) in [5.41, 5.74) is -5.90. The zero-order valence-corrected chi connectivity index (χ0v) is 20.0. The summed E-state index contributed by atoms with van der Waals surface area (Å²) in [4.78, 5) is 36.8. The van der Waals surface area contributed by atoms with Crippen molar-refractivity contribution in [2.45, 2.75) is 27.9 Å². The zero-order valence-electron chi connectivity index (χ0n) is 16.8. The molecule has 0 saturated carbocycles. The lowest BCUT2D eigenvalue weighted by Gasteiger charge is -2.49. The van der Waals surface area contributed by atoms with E-state index in [2.05, 4.69) is 10.2 Å². The van der Waals surface area contributed by atoms with Gasteiger partial charge in [0.2, 0.25) is 11.8 Å². The van der Waals surface area contributed by atoms with E-state index >= 15 is 0 Å². The number of aliphatic carboxylic acids is 1. The molecule has 3 heterocycles. The van der Waals surface area contributed by atoms with Crippen LogP contribution in [-0.4, -0.2) is 93.6 Å². The van der Waals surface area contributed by atoms with Crippen LogP contribution in [0, 0.1) is 0 Å². The molecule has 14 nitrogen and oxygen atoms in total. The molecule has 2 aliphatic rings. The number of carbonyl (C=O) groups is 3. The van der Waals surface area contributed by atoms with Crippen LogP contribution in [0.3, 0.4) is 0 Å². The molecule has 2 amide bonds. The first-order valence-corrected chi connectivity index (χ1v) is 14.2. The van der Waals surface area contributed by atoms with Crippen LogP contribution >= 0.6 is 23.5 Å². The number of rotatable bonds is 9. The number of β-lactam (4-membered cyclic amide) rings is 1. The summed E-state index contributed by atoms with van der Waals surface area (Å²) in [5.74, 6) is -7.41. The van der Waals surface area contributed by atoms with Gasteiger partial charge in [-0.2, -0.15) is 21.6 Å². The van der Waals surface area contributed by atoms with Crippen LogP contribution in [-0.2, 0) is 40.1 Å². The monoisotopic (exact) mass is 582 g/mol. The molecule has 0 radical (unpaired) electrons. The second-order valence-corrected chi connectivity index (χ2v) is 12.4. The average Bonchev–Trinajstić information content (AvgIpc) is 3.13. The van der Waals surface area contributed by atoms with Gasteiger partial charge in [0.05, 0.1) is 0 Å². The van der Waals surface area contributed by atoms with E-state index in [1.165, 1.54) is 0 Å². The van der Waals surface area contributed by atoms with E-state index in [-0.39, 0.29) is 22.3 Å². The molecule has 1 aromatic heterocycles. The number of amides is 2. The molecule has 3 N–H and O–H groups in total. The number of hydrogen-bond donors (Lipinski definition) is 3. The van der Waals surface area contributed by atoms with Gasteiger partial charge in [0.1, 0.15) is 22.9 Å². The highest BCUT2D eigenvalue weighted by atomic mass is 32.2. The molecule has 0 spiro atoms. The lowest BCUT2D eigenvalue weighted by atomic mass is 10.0. The minimum absolute atomic E-state index is 0.00230. The summed E-state index contributed by atoms with van der Waals surface area (Å²) < 4.78 is 95.1. The Bertz CT molecular complexity index is 1310.